The van der Waals surface area contributed by atoms with Crippen LogP contribution >= 0.6 is 0 Å². The summed E-state index contributed by atoms with van der Waals surface area (Å²) in [5, 5.41) is 20.0. The van der Waals surface area contributed by atoms with Gasteiger partial charge in [-0.3, -0.25) is 14.9 Å². The van der Waals surface area contributed by atoms with Crippen LogP contribution in [-0.4, -0.2) is 41.3 Å². The van der Waals surface area contributed by atoms with Crippen molar-refractivity contribution in [2.45, 2.75) is 37.6 Å². The second kappa shape index (κ2) is 5.65. The Labute approximate surface area is 127 Å². The Bertz CT molecular complexity index is 743. The van der Waals surface area contributed by atoms with E-state index in [0.717, 1.165) is 4.31 Å². The first kappa shape index (κ1) is 16.4. The van der Waals surface area contributed by atoms with Gasteiger partial charge in [0.05, 0.1) is 9.82 Å². The molecule has 0 saturated carbocycles. The summed E-state index contributed by atoms with van der Waals surface area (Å²) in [5.41, 5.74) is 0.293. The predicted octanol–water partition coefficient (Wildman–Crippen LogP) is 1.45. The lowest BCUT2D eigenvalue weighted by molar-refractivity contribution is -0.385. The molecular formula is C13H16N2O6S. The van der Waals surface area contributed by atoms with Gasteiger partial charge >= 0.3 is 5.97 Å². The molecule has 9 heteroatoms. The quantitative estimate of drug-likeness (QED) is 0.660. The summed E-state index contributed by atoms with van der Waals surface area (Å²) >= 11 is 0. The second-order valence-corrected chi connectivity index (χ2v) is 7.13. The van der Waals surface area contributed by atoms with Crippen LogP contribution in [0.15, 0.2) is 17.0 Å². The van der Waals surface area contributed by atoms with Crippen molar-refractivity contribution in [1.29, 1.82) is 0 Å². The number of carbonyl (C=O) groups is 1. The zero-order chi connectivity index (χ0) is 16.7. The fourth-order valence-corrected chi connectivity index (χ4v) is 4.59. The Morgan fingerprint density at radius 3 is 2.55 bits per heavy atom. The molecule has 1 unspecified atom stereocenters. The van der Waals surface area contributed by atoms with E-state index in [0.29, 0.717) is 6.42 Å². The molecule has 120 valence electrons. The lowest BCUT2D eigenvalue weighted by atomic mass is 10.1. The molecule has 0 aromatic heterocycles. The van der Waals surface area contributed by atoms with Crippen LogP contribution < -0.4 is 0 Å². The highest BCUT2D eigenvalue weighted by molar-refractivity contribution is 7.89. The number of hydrogen-bond donors (Lipinski definition) is 1. The van der Waals surface area contributed by atoms with E-state index in [2.05, 4.69) is 0 Å². The number of rotatable bonds is 4. The standard InChI is InChI=1S/C13H16N2O6S/c1-8-7-12(9(2)6-11(8)15(18)19)22(20,21)14-5-3-4-10(14)13(16)17/h6-7,10H,3-5H2,1-2H3,(H,16,17). The van der Waals surface area contributed by atoms with Crippen molar-refractivity contribution in [3.05, 3.63) is 33.4 Å². The molecule has 1 saturated heterocycles. The van der Waals surface area contributed by atoms with E-state index in [4.69, 9.17) is 5.11 Å². The molecule has 1 aromatic carbocycles. The first-order valence-corrected chi connectivity index (χ1v) is 8.10. The highest BCUT2D eigenvalue weighted by Crippen LogP contribution is 2.31. The minimum atomic E-state index is -4.00. The number of nitro benzene ring substituents is 1. The number of benzene rings is 1. The molecule has 8 nitrogen and oxygen atoms in total. The highest BCUT2D eigenvalue weighted by Gasteiger charge is 2.40. The average molecular weight is 328 g/mol. The molecular weight excluding hydrogens is 312 g/mol. The van der Waals surface area contributed by atoms with Crippen LogP contribution in [0.25, 0.3) is 0 Å². The Kier molecular flexibility index (Phi) is 4.21. The van der Waals surface area contributed by atoms with Gasteiger partial charge in [0.1, 0.15) is 6.04 Å². The van der Waals surface area contributed by atoms with Crippen LogP contribution in [0.5, 0.6) is 0 Å². The van der Waals surface area contributed by atoms with Crippen LogP contribution in [-0.2, 0) is 14.8 Å². The predicted molar refractivity (Wildman–Crippen MR) is 77.1 cm³/mol. The number of hydrogen-bond acceptors (Lipinski definition) is 5. The lowest BCUT2D eigenvalue weighted by Gasteiger charge is -2.22. The van der Waals surface area contributed by atoms with Crippen molar-refractivity contribution < 1.29 is 23.2 Å². The average Bonchev–Trinajstić information content (AvgIpc) is 2.90. The number of aryl methyl sites for hydroxylation is 2. The van der Waals surface area contributed by atoms with Crippen molar-refractivity contribution in [3.63, 3.8) is 0 Å². The van der Waals surface area contributed by atoms with E-state index in [1.165, 1.54) is 26.0 Å². The first-order valence-electron chi connectivity index (χ1n) is 6.66. The topological polar surface area (TPSA) is 118 Å². The zero-order valence-corrected chi connectivity index (χ0v) is 13.0. The maximum atomic E-state index is 12.7. The van der Waals surface area contributed by atoms with Gasteiger partial charge in [0.2, 0.25) is 10.0 Å². The van der Waals surface area contributed by atoms with Crippen molar-refractivity contribution in [2.24, 2.45) is 0 Å². The highest BCUT2D eigenvalue weighted by atomic mass is 32.2. The summed E-state index contributed by atoms with van der Waals surface area (Å²) in [5.74, 6) is -1.18. The van der Waals surface area contributed by atoms with E-state index < -0.39 is 27.0 Å². The Morgan fingerprint density at radius 1 is 1.36 bits per heavy atom. The Hall–Kier alpha value is -2.00. The molecule has 1 aliphatic rings. The Morgan fingerprint density at radius 2 is 2.00 bits per heavy atom. The molecule has 2 rings (SSSR count). The molecule has 0 bridgehead atoms. The van der Waals surface area contributed by atoms with E-state index in [1.807, 2.05) is 0 Å². The SMILES string of the molecule is Cc1cc(S(=O)(=O)N2CCCC2C(=O)O)c(C)cc1[N+](=O)[O-]. The molecule has 22 heavy (non-hydrogen) atoms. The van der Waals surface area contributed by atoms with Gasteiger partial charge in [0.15, 0.2) is 0 Å². The maximum Gasteiger partial charge on any atom is 0.322 e. The van der Waals surface area contributed by atoms with Gasteiger partial charge in [0, 0.05) is 18.2 Å². The van der Waals surface area contributed by atoms with Gasteiger partial charge in [-0.05, 0) is 38.3 Å². The minimum Gasteiger partial charge on any atom is -0.480 e. The number of carboxylic acids is 1. The van der Waals surface area contributed by atoms with Crippen molar-refractivity contribution in [1.82, 2.24) is 4.31 Å². The van der Waals surface area contributed by atoms with Crippen LogP contribution in [0.1, 0.15) is 24.0 Å². The number of nitrogens with zero attached hydrogens (tertiary/aromatic N) is 2. The van der Waals surface area contributed by atoms with Gasteiger partial charge in [0.25, 0.3) is 5.69 Å². The summed E-state index contributed by atoms with van der Waals surface area (Å²) in [6, 6.07) is 1.36. The summed E-state index contributed by atoms with van der Waals surface area (Å²) in [7, 11) is -4.00. The molecule has 0 amide bonds. The smallest absolute Gasteiger partial charge is 0.322 e. The van der Waals surface area contributed by atoms with Gasteiger partial charge in [-0.15, -0.1) is 0 Å². The van der Waals surface area contributed by atoms with E-state index in [1.54, 1.807) is 0 Å². The molecule has 1 N–H and O–H groups in total. The molecule has 1 atom stereocenters. The zero-order valence-electron chi connectivity index (χ0n) is 12.1. The first-order chi connectivity index (χ1) is 10.2. The summed E-state index contributed by atoms with van der Waals surface area (Å²) in [6.07, 6.45) is 0.737. The Balaban J connectivity index is 2.53. The summed E-state index contributed by atoms with van der Waals surface area (Å²) < 4.78 is 26.4. The van der Waals surface area contributed by atoms with Crippen LogP contribution in [0.2, 0.25) is 0 Å². The fourth-order valence-electron chi connectivity index (χ4n) is 2.65. The molecule has 0 radical (unpaired) electrons. The van der Waals surface area contributed by atoms with Crippen LogP contribution in [0, 0.1) is 24.0 Å². The van der Waals surface area contributed by atoms with E-state index in [-0.39, 0.29) is 34.7 Å². The number of aliphatic carboxylic acids is 1. The van der Waals surface area contributed by atoms with Crippen molar-refractivity contribution in [2.75, 3.05) is 6.54 Å². The third-order valence-corrected chi connectivity index (χ3v) is 5.82. The molecule has 0 spiro atoms. The van der Waals surface area contributed by atoms with Crippen molar-refractivity contribution >= 4 is 21.7 Å². The van der Waals surface area contributed by atoms with Gasteiger partial charge in [-0.1, -0.05) is 0 Å². The van der Waals surface area contributed by atoms with Gasteiger partial charge in [-0.25, -0.2) is 8.42 Å². The van der Waals surface area contributed by atoms with E-state index in [9.17, 15) is 23.3 Å². The lowest BCUT2D eigenvalue weighted by Crippen LogP contribution is -2.40. The molecule has 0 aliphatic carbocycles. The van der Waals surface area contributed by atoms with Crippen LogP contribution in [0.4, 0.5) is 5.69 Å². The van der Waals surface area contributed by atoms with Crippen molar-refractivity contribution in [3.8, 4) is 0 Å². The second-order valence-electron chi connectivity index (χ2n) is 5.27. The number of carboxylic acid groups (broad SMARTS) is 1. The normalized spacial score (nSPS) is 19.3. The summed E-state index contributed by atoms with van der Waals surface area (Å²) in [6.45, 7) is 3.05. The monoisotopic (exact) mass is 328 g/mol. The van der Waals surface area contributed by atoms with Gasteiger partial charge in [-0.2, -0.15) is 4.31 Å². The maximum absolute atomic E-state index is 12.7. The van der Waals surface area contributed by atoms with Gasteiger partial charge < -0.3 is 5.11 Å². The minimum absolute atomic E-state index is 0.0799. The molecule has 1 heterocycles. The fraction of sp³-hybridized carbons (Fsp3) is 0.462. The molecule has 1 aliphatic heterocycles. The van der Waals surface area contributed by atoms with E-state index >= 15 is 0 Å². The summed E-state index contributed by atoms with van der Waals surface area (Å²) in [4.78, 5) is 21.4. The third kappa shape index (κ3) is 2.69. The number of sulfonamides is 1. The number of nitro groups is 1. The largest absolute Gasteiger partial charge is 0.480 e. The van der Waals surface area contributed by atoms with Crippen LogP contribution in [0.3, 0.4) is 0 Å². The third-order valence-electron chi connectivity index (χ3n) is 3.77. The molecule has 1 fully saturated rings. The molecule has 1 aromatic rings.